The van der Waals surface area contributed by atoms with Crippen molar-refractivity contribution in [3.63, 3.8) is 0 Å². The first-order valence-corrected chi connectivity index (χ1v) is 9.02. The number of nitrogens with zero attached hydrogens (tertiary/aromatic N) is 1. The van der Waals surface area contributed by atoms with Crippen LogP contribution in [0.15, 0.2) is 84.0 Å². The van der Waals surface area contributed by atoms with Gasteiger partial charge in [0.25, 0.3) is 5.91 Å². The Morgan fingerprint density at radius 1 is 0.897 bits per heavy atom. The van der Waals surface area contributed by atoms with E-state index in [9.17, 15) is 9.59 Å². The van der Waals surface area contributed by atoms with Crippen LogP contribution < -0.4 is 10.2 Å². The summed E-state index contributed by atoms with van der Waals surface area (Å²) in [6.45, 7) is -0.182. The average molecular weight is 388 g/mol. The minimum absolute atomic E-state index is 0.113. The van der Waals surface area contributed by atoms with Crippen LogP contribution >= 0.6 is 0 Å². The van der Waals surface area contributed by atoms with Crippen LogP contribution in [0.4, 0.5) is 0 Å². The molecule has 6 heteroatoms. The van der Waals surface area contributed by atoms with Gasteiger partial charge in [0.05, 0.1) is 12.6 Å². The Morgan fingerprint density at radius 3 is 2.28 bits per heavy atom. The fourth-order valence-electron chi connectivity index (χ4n) is 2.71. The Kier molecular flexibility index (Phi) is 6.73. The molecule has 0 radical (unpaired) electrons. The average Bonchev–Trinajstić information content (AvgIpc) is 2.74. The number of hydrogen-bond donors (Lipinski definition) is 2. The van der Waals surface area contributed by atoms with Gasteiger partial charge in [-0.15, -0.1) is 0 Å². The zero-order chi connectivity index (χ0) is 20.5. The highest BCUT2D eigenvalue weighted by molar-refractivity contribution is 5.86. The summed E-state index contributed by atoms with van der Waals surface area (Å²) in [7, 11) is 0. The molecule has 3 aromatic rings. The van der Waals surface area contributed by atoms with E-state index in [4.69, 9.17) is 9.84 Å². The molecule has 0 heterocycles. The molecular weight excluding hydrogens is 368 g/mol. The molecule has 0 spiro atoms. The second-order valence-corrected chi connectivity index (χ2v) is 6.24. The second kappa shape index (κ2) is 9.85. The molecule has 0 saturated heterocycles. The standard InChI is InChI=1S/C23H20N2O4/c26-22(25-24-15-20-9-5-4-8-19(20)14-23(27)28)16-29-21-12-10-18(11-13-21)17-6-2-1-3-7-17/h1-13,15H,14,16H2,(H,25,26)(H,27,28)/b24-15-. The van der Waals surface area contributed by atoms with E-state index in [0.717, 1.165) is 11.1 Å². The van der Waals surface area contributed by atoms with Crippen LogP contribution in [0, 0.1) is 0 Å². The van der Waals surface area contributed by atoms with Crippen molar-refractivity contribution in [2.45, 2.75) is 6.42 Å². The van der Waals surface area contributed by atoms with Crippen LogP contribution in [0.25, 0.3) is 11.1 Å². The maximum Gasteiger partial charge on any atom is 0.307 e. The highest BCUT2D eigenvalue weighted by atomic mass is 16.5. The second-order valence-electron chi connectivity index (χ2n) is 6.24. The normalized spacial score (nSPS) is 10.6. The van der Waals surface area contributed by atoms with Gasteiger partial charge in [-0.25, -0.2) is 5.43 Å². The lowest BCUT2D eigenvalue weighted by molar-refractivity contribution is -0.136. The molecule has 0 aromatic heterocycles. The number of hydrogen-bond acceptors (Lipinski definition) is 4. The molecule has 3 rings (SSSR count). The van der Waals surface area contributed by atoms with Crippen LogP contribution in [0.5, 0.6) is 5.75 Å². The summed E-state index contributed by atoms with van der Waals surface area (Å²) in [4.78, 5) is 22.8. The molecule has 0 unspecified atom stereocenters. The Bertz CT molecular complexity index is 999. The molecule has 0 aliphatic rings. The molecular formula is C23H20N2O4. The van der Waals surface area contributed by atoms with Crippen molar-refractivity contribution < 1.29 is 19.4 Å². The SMILES string of the molecule is O=C(O)Cc1ccccc1/C=N\NC(=O)COc1ccc(-c2ccccc2)cc1. The van der Waals surface area contributed by atoms with Crippen LogP contribution in [-0.4, -0.2) is 29.8 Å². The summed E-state index contributed by atoms with van der Waals surface area (Å²) in [6.07, 6.45) is 1.31. The number of aliphatic carboxylic acids is 1. The molecule has 0 bridgehead atoms. The number of hydrazone groups is 1. The van der Waals surface area contributed by atoms with Crippen LogP contribution in [0.2, 0.25) is 0 Å². The van der Waals surface area contributed by atoms with Crippen LogP contribution in [0.1, 0.15) is 11.1 Å². The number of carboxylic acids is 1. The third-order valence-electron chi connectivity index (χ3n) is 4.12. The summed E-state index contributed by atoms with van der Waals surface area (Å²) >= 11 is 0. The van der Waals surface area contributed by atoms with Crippen molar-refractivity contribution in [1.29, 1.82) is 0 Å². The number of nitrogens with one attached hydrogen (secondary N) is 1. The van der Waals surface area contributed by atoms with Crippen molar-refractivity contribution in [1.82, 2.24) is 5.43 Å². The van der Waals surface area contributed by atoms with Crippen molar-refractivity contribution in [3.8, 4) is 16.9 Å². The van der Waals surface area contributed by atoms with Gasteiger partial charge in [-0.1, -0.05) is 66.7 Å². The van der Waals surface area contributed by atoms with Crippen LogP contribution in [-0.2, 0) is 16.0 Å². The quantitative estimate of drug-likeness (QED) is 0.457. The summed E-state index contributed by atoms with van der Waals surface area (Å²) in [5, 5.41) is 12.8. The Balaban J connectivity index is 1.50. The van der Waals surface area contributed by atoms with Gasteiger partial charge >= 0.3 is 5.97 Å². The number of ether oxygens (including phenoxy) is 1. The molecule has 1 amide bonds. The van der Waals surface area contributed by atoms with Gasteiger partial charge in [0.1, 0.15) is 5.75 Å². The Morgan fingerprint density at radius 2 is 1.55 bits per heavy atom. The smallest absolute Gasteiger partial charge is 0.307 e. The monoisotopic (exact) mass is 388 g/mol. The minimum atomic E-state index is -0.929. The van der Waals surface area contributed by atoms with Crippen molar-refractivity contribution in [2.75, 3.05) is 6.61 Å². The van der Waals surface area contributed by atoms with E-state index in [1.807, 2.05) is 42.5 Å². The number of carbonyl (C=O) groups excluding carboxylic acids is 1. The summed E-state index contributed by atoms with van der Waals surface area (Å²) in [5.74, 6) is -0.763. The first-order chi connectivity index (χ1) is 14.1. The lowest BCUT2D eigenvalue weighted by Gasteiger charge is -2.07. The predicted octanol–water partition coefficient (Wildman–Crippen LogP) is 3.51. The maximum atomic E-state index is 11.9. The van der Waals surface area contributed by atoms with E-state index < -0.39 is 11.9 Å². The molecule has 2 N–H and O–H groups in total. The van der Waals surface area contributed by atoms with Crippen molar-refractivity contribution in [2.24, 2.45) is 5.10 Å². The molecule has 0 saturated carbocycles. The first kappa shape index (κ1) is 19.8. The molecule has 0 atom stereocenters. The topological polar surface area (TPSA) is 88.0 Å². The first-order valence-electron chi connectivity index (χ1n) is 9.02. The highest BCUT2D eigenvalue weighted by Gasteiger charge is 2.05. The third-order valence-corrected chi connectivity index (χ3v) is 4.12. The van der Waals surface area contributed by atoms with Gasteiger partial charge in [0, 0.05) is 0 Å². The Labute approximate surface area is 168 Å². The fourth-order valence-corrected chi connectivity index (χ4v) is 2.71. The van der Waals surface area contributed by atoms with Gasteiger partial charge in [0.15, 0.2) is 6.61 Å². The van der Waals surface area contributed by atoms with Gasteiger partial charge < -0.3 is 9.84 Å². The van der Waals surface area contributed by atoms with Gasteiger partial charge in [-0.05, 0) is 34.4 Å². The van der Waals surface area contributed by atoms with E-state index in [-0.39, 0.29) is 13.0 Å². The van der Waals surface area contributed by atoms with Gasteiger partial charge in [-0.3, -0.25) is 9.59 Å². The largest absolute Gasteiger partial charge is 0.484 e. The molecule has 0 aliphatic heterocycles. The number of rotatable bonds is 8. The van der Waals surface area contributed by atoms with Gasteiger partial charge in [-0.2, -0.15) is 5.10 Å². The molecule has 6 nitrogen and oxygen atoms in total. The van der Waals surface area contributed by atoms with Gasteiger partial charge in [0.2, 0.25) is 0 Å². The van der Waals surface area contributed by atoms with Crippen molar-refractivity contribution in [3.05, 3.63) is 90.0 Å². The third kappa shape index (κ3) is 6.04. The van der Waals surface area contributed by atoms with E-state index in [1.54, 1.807) is 36.4 Å². The van der Waals surface area contributed by atoms with Crippen molar-refractivity contribution >= 4 is 18.1 Å². The maximum absolute atomic E-state index is 11.9. The highest BCUT2D eigenvalue weighted by Crippen LogP contribution is 2.21. The summed E-state index contributed by atoms with van der Waals surface area (Å²) in [6, 6.07) is 24.4. The summed E-state index contributed by atoms with van der Waals surface area (Å²) < 4.78 is 5.47. The Hall–Kier alpha value is -3.93. The van der Waals surface area contributed by atoms with E-state index in [0.29, 0.717) is 16.9 Å². The van der Waals surface area contributed by atoms with E-state index in [2.05, 4.69) is 10.5 Å². The lowest BCUT2D eigenvalue weighted by atomic mass is 10.1. The zero-order valence-electron chi connectivity index (χ0n) is 15.6. The number of carbonyl (C=O) groups is 2. The number of benzene rings is 3. The summed E-state index contributed by atoms with van der Waals surface area (Å²) in [5.41, 5.74) is 5.80. The minimum Gasteiger partial charge on any atom is -0.484 e. The molecule has 3 aromatic carbocycles. The van der Waals surface area contributed by atoms with E-state index in [1.165, 1.54) is 6.21 Å². The number of carboxylic acid groups (broad SMARTS) is 1. The number of amides is 1. The zero-order valence-corrected chi connectivity index (χ0v) is 15.6. The predicted molar refractivity (Wildman–Crippen MR) is 111 cm³/mol. The van der Waals surface area contributed by atoms with Crippen LogP contribution in [0.3, 0.4) is 0 Å². The fraction of sp³-hybridized carbons (Fsp3) is 0.0870. The molecule has 0 aliphatic carbocycles. The van der Waals surface area contributed by atoms with E-state index >= 15 is 0 Å². The molecule has 146 valence electrons. The lowest BCUT2D eigenvalue weighted by Crippen LogP contribution is -2.24. The molecule has 29 heavy (non-hydrogen) atoms. The molecule has 0 fully saturated rings.